The van der Waals surface area contributed by atoms with Crippen molar-refractivity contribution in [3.8, 4) is 0 Å². The van der Waals surface area contributed by atoms with Crippen LogP contribution >= 0.6 is 11.8 Å². The van der Waals surface area contributed by atoms with E-state index in [4.69, 9.17) is 5.11 Å². The zero-order valence-corrected chi connectivity index (χ0v) is 10.5. The molecule has 96 valence electrons. The van der Waals surface area contributed by atoms with Crippen LogP contribution in [0.2, 0.25) is 0 Å². The van der Waals surface area contributed by atoms with Gasteiger partial charge in [0.1, 0.15) is 6.54 Å². The topological polar surface area (TPSA) is 69.6 Å². The van der Waals surface area contributed by atoms with Gasteiger partial charge in [0.25, 0.3) is 0 Å². The summed E-state index contributed by atoms with van der Waals surface area (Å²) in [5.41, 5.74) is 0. The molecule has 2 N–H and O–H groups in total. The van der Waals surface area contributed by atoms with Gasteiger partial charge < -0.3 is 15.3 Å². The van der Waals surface area contributed by atoms with Crippen molar-refractivity contribution in [2.75, 3.05) is 31.1 Å². The van der Waals surface area contributed by atoms with Gasteiger partial charge in [-0.25, -0.2) is 4.79 Å². The van der Waals surface area contributed by atoms with E-state index in [1.165, 1.54) is 11.0 Å². The van der Waals surface area contributed by atoms with Crippen LogP contribution in [-0.4, -0.2) is 53.1 Å². The summed E-state index contributed by atoms with van der Waals surface area (Å²) in [4.78, 5) is 23.3. The van der Waals surface area contributed by atoms with Gasteiger partial charge in [0.05, 0.1) is 0 Å². The lowest BCUT2D eigenvalue weighted by Gasteiger charge is -2.19. The number of hydrogen-bond acceptors (Lipinski definition) is 3. The summed E-state index contributed by atoms with van der Waals surface area (Å²) in [5, 5.41) is 11.3. The Bertz CT molecular complexity index is 282. The predicted molar refractivity (Wildman–Crippen MR) is 70.3 cm³/mol. The standard InChI is InChI=1S/C11H18N2O3S/c1-3-6-13(9-10(14)15)11(16)12-5-8-17-7-4-2/h3-4H,1-2,5-9H2,(H,12,16)(H,14,15). The van der Waals surface area contributed by atoms with E-state index in [1.54, 1.807) is 17.8 Å². The van der Waals surface area contributed by atoms with E-state index in [9.17, 15) is 9.59 Å². The molecule has 17 heavy (non-hydrogen) atoms. The first-order valence-corrected chi connectivity index (χ1v) is 6.31. The average molecular weight is 258 g/mol. The maximum Gasteiger partial charge on any atom is 0.323 e. The SMILES string of the molecule is C=CCSCCNC(=O)N(CC=C)CC(=O)O. The molecule has 0 spiro atoms. The second kappa shape index (κ2) is 9.77. The van der Waals surface area contributed by atoms with Crippen molar-refractivity contribution in [3.63, 3.8) is 0 Å². The molecule has 0 saturated heterocycles. The van der Waals surface area contributed by atoms with E-state index in [-0.39, 0.29) is 19.1 Å². The molecule has 0 aliphatic heterocycles. The summed E-state index contributed by atoms with van der Waals surface area (Å²) in [6.45, 7) is 7.47. The van der Waals surface area contributed by atoms with Gasteiger partial charge in [0, 0.05) is 24.6 Å². The van der Waals surface area contributed by atoms with Crippen LogP contribution < -0.4 is 5.32 Å². The van der Waals surface area contributed by atoms with Crippen molar-refractivity contribution in [2.24, 2.45) is 0 Å². The summed E-state index contributed by atoms with van der Waals surface area (Å²) in [6, 6.07) is -0.383. The van der Waals surface area contributed by atoms with Crippen molar-refractivity contribution in [2.45, 2.75) is 0 Å². The van der Waals surface area contributed by atoms with Gasteiger partial charge >= 0.3 is 12.0 Å². The summed E-state index contributed by atoms with van der Waals surface area (Å²) in [7, 11) is 0. The molecular formula is C11H18N2O3S. The number of rotatable bonds is 9. The monoisotopic (exact) mass is 258 g/mol. The molecule has 0 aliphatic carbocycles. The van der Waals surface area contributed by atoms with Crippen molar-refractivity contribution < 1.29 is 14.7 Å². The van der Waals surface area contributed by atoms with Crippen LogP contribution in [0.4, 0.5) is 4.79 Å². The van der Waals surface area contributed by atoms with E-state index in [0.29, 0.717) is 6.54 Å². The minimum atomic E-state index is -1.04. The van der Waals surface area contributed by atoms with Gasteiger partial charge in [0.15, 0.2) is 0 Å². The molecule has 0 unspecified atom stereocenters. The van der Waals surface area contributed by atoms with Crippen LogP contribution in [0.1, 0.15) is 0 Å². The van der Waals surface area contributed by atoms with E-state index in [2.05, 4.69) is 18.5 Å². The second-order valence-electron chi connectivity index (χ2n) is 3.16. The van der Waals surface area contributed by atoms with E-state index in [1.807, 2.05) is 0 Å². The number of carboxylic acids is 1. The molecular weight excluding hydrogens is 240 g/mol. The predicted octanol–water partition coefficient (Wildman–Crippen LogP) is 1.19. The average Bonchev–Trinajstić information content (AvgIpc) is 2.27. The van der Waals surface area contributed by atoms with Crippen LogP contribution in [0.3, 0.4) is 0 Å². The molecule has 0 aliphatic rings. The maximum atomic E-state index is 11.6. The first kappa shape index (κ1) is 15.6. The zero-order chi connectivity index (χ0) is 13.1. The number of nitrogens with zero attached hydrogens (tertiary/aromatic N) is 1. The van der Waals surface area contributed by atoms with Gasteiger partial charge in [0.2, 0.25) is 0 Å². The first-order valence-electron chi connectivity index (χ1n) is 5.16. The molecule has 0 saturated carbocycles. The minimum absolute atomic E-state index is 0.220. The number of aliphatic carboxylic acids is 1. The molecule has 6 heteroatoms. The number of carbonyl (C=O) groups excluding carboxylic acids is 1. The summed E-state index contributed by atoms with van der Waals surface area (Å²) in [5.74, 6) is 0.566. The molecule has 0 fully saturated rings. The molecule has 0 aromatic rings. The third-order valence-electron chi connectivity index (χ3n) is 1.72. The highest BCUT2D eigenvalue weighted by Crippen LogP contribution is 1.97. The number of carboxylic acid groups (broad SMARTS) is 1. The van der Waals surface area contributed by atoms with Gasteiger partial charge in [-0.2, -0.15) is 11.8 Å². The highest BCUT2D eigenvalue weighted by molar-refractivity contribution is 7.99. The number of nitrogens with one attached hydrogen (secondary N) is 1. The Morgan fingerprint density at radius 2 is 2.06 bits per heavy atom. The van der Waals surface area contributed by atoms with Gasteiger partial charge in [-0.15, -0.1) is 13.2 Å². The second-order valence-corrected chi connectivity index (χ2v) is 4.31. The summed E-state index contributed by atoms with van der Waals surface area (Å²) in [6.07, 6.45) is 3.29. The highest BCUT2D eigenvalue weighted by atomic mass is 32.2. The largest absolute Gasteiger partial charge is 0.480 e. The van der Waals surface area contributed by atoms with Gasteiger partial charge in [-0.05, 0) is 0 Å². The van der Waals surface area contributed by atoms with E-state index in [0.717, 1.165) is 11.5 Å². The lowest BCUT2D eigenvalue weighted by molar-refractivity contribution is -0.137. The molecule has 0 rings (SSSR count). The minimum Gasteiger partial charge on any atom is -0.480 e. The summed E-state index contributed by atoms with van der Waals surface area (Å²) >= 11 is 1.65. The van der Waals surface area contributed by atoms with Crippen LogP contribution in [0.5, 0.6) is 0 Å². The Morgan fingerprint density at radius 3 is 2.59 bits per heavy atom. The number of thioether (sulfide) groups is 1. The van der Waals surface area contributed by atoms with Crippen molar-refractivity contribution >= 4 is 23.8 Å². The third-order valence-corrected chi connectivity index (χ3v) is 2.69. The smallest absolute Gasteiger partial charge is 0.323 e. The Hall–Kier alpha value is -1.43. The molecule has 0 atom stereocenters. The van der Waals surface area contributed by atoms with E-state index < -0.39 is 5.97 Å². The molecule has 0 aromatic carbocycles. The number of amides is 2. The number of hydrogen-bond donors (Lipinski definition) is 2. The first-order chi connectivity index (χ1) is 8.11. The van der Waals surface area contributed by atoms with Crippen LogP contribution in [0, 0.1) is 0 Å². The molecule has 0 radical (unpaired) electrons. The molecule has 5 nitrogen and oxygen atoms in total. The Kier molecular flexibility index (Phi) is 8.95. The Morgan fingerprint density at radius 1 is 1.35 bits per heavy atom. The third kappa shape index (κ3) is 8.38. The number of carbonyl (C=O) groups is 2. The van der Waals surface area contributed by atoms with E-state index >= 15 is 0 Å². The van der Waals surface area contributed by atoms with Crippen LogP contribution in [-0.2, 0) is 4.79 Å². The van der Waals surface area contributed by atoms with Gasteiger partial charge in [-0.3, -0.25) is 4.79 Å². The quantitative estimate of drug-likeness (QED) is 0.481. The lowest BCUT2D eigenvalue weighted by Crippen LogP contribution is -2.43. The fraction of sp³-hybridized carbons (Fsp3) is 0.455. The van der Waals surface area contributed by atoms with Crippen molar-refractivity contribution in [1.29, 1.82) is 0 Å². The summed E-state index contributed by atoms with van der Waals surface area (Å²) < 4.78 is 0. The molecule has 0 heterocycles. The van der Waals surface area contributed by atoms with Crippen molar-refractivity contribution in [3.05, 3.63) is 25.3 Å². The normalized spacial score (nSPS) is 9.41. The fourth-order valence-corrected chi connectivity index (χ4v) is 1.63. The van der Waals surface area contributed by atoms with Crippen LogP contribution in [0.25, 0.3) is 0 Å². The van der Waals surface area contributed by atoms with Gasteiger partial charge in [-0.1, -0.05) is 12.2 Å². The highest BCUT2D eigenvalue weighted by Gasteiger charge is 2.14. The van der Waals surface area contributed by atoms with Crippen molar-refractivity contribution in [1.82, 2.24) is 10.2 Å². The van der Waals surface area contributed by atoms with Crippen LogP contribution in [0.15, 0.2) is 25.3 Å². The lowest BCUT2D eigenvalue weighted by atomic mass is 10.5. The molecule has 0 aromatic heterocycles. The molecule has 2 amide bonds. The Balaban J connectivity index is 3.92. The Labute approximate surface area is 106 Å². The number of urea groups is 1. The fourth-order valence-electron chi connectivity index (χ4n) is 1.05. The zero-order valence-electron chi connectivity index (χ0n) is 9.72. The molecule has 0 bridgehead atoms. The maximum absolute atomic E-state index is 11.6.